The Balaban J connectivity index is 1.80. The SMILES string of the molecule is CC(Cc1cccc(Br)c1)NC1CCN(C)CC1. The van der Waals surface area contributed by atoms with Crippen LogP contribution in [0.3, 0.4) is 0 Å². The highest BCUT2D eigenvalue weighted by molar-refractivity contribution is 9.10. The number of benzene rings is 1. The molecule has 1 saturated heterocycles. The van der Waals surface area contributed by atoms with Gasteiger partial charge in [0.2, 0.25) is 0 Å². The normalized spacial score (nSPS) is 19.9. The van der Waals surface area contributed by atoms with E-state index in [1.807, 2.05) is 0 Å². The number of halogens is 1. The number of nitrogens with zero attached hydrogens (tertiary/aromatic N) is 1. The molecule has 1 heterocycles. The number of likely N-dealkylation sites (tertiary alicyclic amines) is 1. The van der Waals surface area contributed by atoms with Crippen LogP contribution < -0.4 is 5.32 Å². The monoisotopic (exact) mass is 310 g/mol. The Morgan fingerprint density at radius 2 is 2.11 bits per heavy atom. The molecule has 1 aliphatic rings. The standard InChI is InChI=1S/C15H23BrN2/c1-12(10-13-4-3-5-14(16)11-13)17-15-6-8-18(2)9-7-15/h3-5,11-12,15,17H,6-10H2,1-2H3. The lowest BCUT2D eigenvalue weighted by atomic mass is 10.0. The van der Waals surface area contributed by atoms with E-state index in [1.165, 1.54) is 36.0 Å². The summed E-state index contributed by atoms with van der Waals surface area (Å²) in [6.07, 6.45) is 3.66. The first kappa shape index (κ1) is 14.0. The van der Waals surface area contributed by atoms with Crippen molar-refractivity contribution >= 4 is 15.9 Å². The zero-order chi connectivity index (χ0) is 13.0. The molecule has 1 unspecified atom stereocenters. The minimum absolute atomic E-state index is 0.549. The summed E-state index contributed by atoms with van der Waals surface area (Å²) in [5, 5.41) is 3.77. The summed E-state index contributed by atoms with van der Waals surface area (Å²) in [5.74, 6) is 0. The van der Waals surface area contributed by atoms with Crippen LogP contribution in [0.1, 0.15) is 25.3 Å². The summed E-state index contributed by atoms with van der Waals surface area (Å²) in [7, 11) is 2.21. The van der Waals surface area contributed by atoms with Gasteiger partial charge >= 0.3 is 0 Å². The van der Waals surface area contributed by atoms with Gasteiger partial charge in [0.15, 0.2) is 0 Å². The maximum atomic E-state index is 3.77. The molecule has 0 amide bonds. The van der Waals surface area contributed by atoms with Crippen molar-refractivity contribution in [3.63, 3.8) is 0 Å². The van der Waals surface area contributed by atoms with Crippen LogP contribution in [0.2, 0.25) is 0 Å². The van der Waals surface area contributed by atoms with E-state index in [2.05, 4.69) is 64.4 Å². The van der Waals surface area contributed by atoms with Crippen LogP contribution in [0.4, 0.5) is 0 Å². The van der Waals surface area contributed by atoms with Crippen LogP contribution in [-0.2, 0) is 6.42 Å². The fourth-order valence-corrected chi connectivity index (χ4v) is 3.10. The molecule has 2 rings (SSSR count). The molecular weight excluding hydrogens is 288 g/mol. The lowest BCUT2D eigenvalue weighted by molar-refractivity contribution is 0.226. The van der Waals surface area contributed by atoms with Crippen molar-refractivity contribution in [2.75, 3.05) is 20.1 Å². The van der Waals surface area contributed by atoms with Crippen molar-refractivity contribution in [1.29, 1.82) is 0 Å². The van der Waals surface area contributed by atoms with Crippen molar-refractivity contribution in [3.05, 3.63) is 34.3 Å². The minimum Gasteiger partial charge on any atom is -0.311 e. The van der Waals surface area contributed by atoms with Crippen molar-refractivity contribution < 1.29 is 0 Å². The molecule has 1 aromatic carbocycles. The Morgan fingerprint density at radius 1 is 1.39 bits per heavy atom. The molecule has 100 valence electrons. The van der Waals surface area contributed by atoms with Gasteiger partial charge in [-0.25, -0.2) is 0 Å². The highest BCUT2D eigenvalue weighted by atomic mass is 79.9. The second-order valence-corrected chi connectivity index (χ2v) is 6.39. The predicted octanol–water partition coefficient (Wildman–Crippen LogP) is 3.06. The van der Waals surface area contributed by atoms with E-state index < -0.39 is 0 Å². The van der Waals surface area contributed by atoms with Crippen LogP contribution in [0.25, 0.3) is 0 Å². The smallest absolute Gasteiger partial charge is 0.0178 e. The molecule has 1 N–H and O–H groups in total. The first-order valence-electron chi connectivity index (χ1n) is 6.82. The largest absolute Gasteiger partial charge is 0.311 e. The zero-order valence-electron chi connectivity index (χ0n) is 11.3. The number of piperidine rings is 1. The third-order valence-electron chi connectivity index (χ3n) is 3.67. The molecule has 0 aliphatic carbocycles. The third-order valence-corrected chi connectivity index (χ3v) is 4.16. The van der Waals surface area contributed by atoms with Gasteiger partial charge in [-0.1, -0.05) is 28.1 Å². The van der Waals surface area contributed by atoms with E-state index in [0.29, 0.717) is 12.1 Å². The van der Waals surface area contributed by atoms with E-state index in [1.54, 1.807) is 0 Å². The Bertz CT molecular complexity index is 373. The highest BCUT2D eigenvalue weighted by Crippen LogP contribution is 2.14. The fraction of sp³-hybridized carbons (Fsp3) is 0.600. The van der Waals surface area contributed by atoms with Gasteiger partial charge in [-0.05, 0) is 64.0 Å². The van der Waals surface area contributed by atoms with Gasteiger partial charge in [-0.15, -0.1) is 0 Å². The molecule has 1 atom stereocenters. The van der Waals surface area contributed by atoms with Crippen molar-refractivity contribution in [2.45, 2.75) is 38.3 Å². The number of hydrogen-bond acceptors (Lipinski definition) is 2. The van der Waals surface area contributed by atoms with Crippen LogP contribution in [-0.4, -0.2) is 37.1 Å². The topological polar surface area (TPSA) is 15.3 Å². The first-order valence-corrected chi connectivity index (χ1v) is 7.62. The number of nitrogens with one attached hydrogen (secondary N) is 1. The van der Waals surface area contributed by atoms with Crippen LogP contribution >= 0.6 is 15.9 Å². The molecule has 0 bridgehead atoms. The molecule has 0 aromatic heterocycles. The Kier molecular flexibility index (Phi) is 5.22. The van der Waals surface area contributed by atoms with Gasteiger partial charge in [0.05, 0.1) is 0 Å². The van der Waals surface area contributed by atoms with Crippen LogP contribution in [0.5, 0.6) is 0 Å². The van der Waals surface area contributed by atoms with Crippen molar-refractivity contribution in [3.8, 4) is 0 Å². The summed E-state index contributed by atoms with van der Waals surface area (Å²) in [6.45, 7) is 4.74. The molecule has 3 heteroatoms. The van der Waals surface area contributed by atoms with E-state index in [4.69, 9.17) is 0 Å². The summed E-state index contributed by atoms with van der Waals surface area (Å²) in [6, 6.07) is 9.86. The Morgan fingerprint density at radius 3 is 2.78 bits per heavy atom. The summed E-state index contributed by atoms with van der Waals surface area (Å²) in [5.41, 5.74) is 1.40. The first-order chi connectivity index (χ1) is 8.63. The quantitative estimate of drug-likeness (QED) is 0.919. The third kappa shape index (κ3) is 4.38. The maximum Gasteiger partial charge on any atom is 0.0178 e. The Hall–Kier alpha value is -0.380. The van der Waals surface area contributed by atoms with E-state index in [9.17, 15) is 0 Å². The van der Waals surface area contributed by atoms with Gasteiger partial charge in [0.1, 0.15) is 0 Å². The number of hydrogen-bond donors (Lipinski definition) is 1. The minimum atomic E-state index is 0.549. The van der Waals surface area contributed by atoms with Crippen molar-refractivity contribution in [2.24, 2.45) is 0 Å². The lowest BCUT2D eigenvalue weighted by Crippen LogP contribution is -2.44. The summed E-state index contributed by atoms with van der Waals surface area (Å²) >= 11 is 3.53. The fourth-order valence-electron chi connectivity index (χ4n) is 2.65. The lowest BCUT2D eigenvalue weighted by Gasteiger charge is -2.31. The molecule has 1 aliphatic heterocycles. The van der Waals surface area contributed by atoms with Crippen LogP contribution in [0, 0.1) is 0 Å². The molecule has 2 nitrogen and oxygen atoms in total. The zero-order valence-corrected chi connectivity index (χ0v) is 12.9. The van der Waals surface area contributed by atoms with E-state index >= 15 is 0 Å². The summed E-state index contributed by atoms with van der Waals surface area (Å²) < 4.78 is 1.17. The van der Waals surface area contributed by atoms with Gasteiger partial charge in [0.25, 0.3) is 0 Å². The molecule has 1 fully saturated rings. The molecule has 18 heavy (non-hydrogen) atoms. The average Bonchev–Trinajstić information content (AvgIpc) is 2.32. The number of rotatable bonds is 4. The van der Waals surface area contributed by atoms with Gasteiger partial charge in [-0.2, -0.15) is 0 Å². The molecule has 0 spiro atoms. The van der Waals surface area contributed by atoms with Gasteiger partial charge in [-0.3, -0.25) is 0 Å². The van der Waals surface area contributed by atoms with E-state index in [-0.39, 0.29) is 0 Å². The molecule has 0 saturated carbocycles. The molecular formula is C15H23BrN2. The highest BCUT2D eigenvalue weighted by Gasteiger charge is 2.18. The molecule has 1 aromatic rings. The second kappa shape index (κ2) is 6.69. The van der Waals surface area contributed by atoms with Crippen LogP contribution in [0.15, 0.2) is 28.7 Å². The van der Waals surface area contributed by atoms with Gasteiger partial charge in [0, 0.05) is 16.6 Å². The molecule has 0 radical (unpaired) electrons. The Labute approximate surface area is 119 Å². The predicted molar refractivity (Wildman–Crippen MR) is 81.0 cm³/mol. The maximum absolute atomic E-state index is 3.77. The average molecular weight is 311 g/mol. The second-order valence-electron chi connectivity index (χ2n) is 5.48. The van der Waals surface area contributed by atoms with Gasteiger partial charge < -0.3 is 10.2 Å². The van der Waals surface area contributed by atoms with Crippen molar-refractivity contribution in [1.82, 2.24) is 10.2 Å². The van der Waals surface area contributed by atoms with E-state index in [0.717, 1.165) is 6.42 Å². The summed E-state index contributed by atoms with van der Waals surface area (Å²) in [4.78, 5) is 2.41.